The summed E-state index contributed by atoms with van der Waals surface area (Å²) in [5.74, 6) is 1.45. The second-order valence-electron chi connectivity index (χ2n) is 28.7. The molecule has 3 atom stereocenters. The number of hydrogen-bond donors (Lipinski definition) is 0. The maximum absolute atomic E-state index is 13.3. The van der Waals surface area contributed by atoms with Crippen molar-refractivity contribution in [1.82, 2.24) is 0 Å². The molecule has 571 valence electrons. The molecule has 1 radical (unpaired) electrons. The molecule has 3 unspecified atom stereocenters. The average Bonchev–Trinajstić information content (AvgIpc) is 0.821. The van der Waals surface area contributed by atoms with E-state index in [1.807, 2.05) is 91.0 Å². The molecule has 0 aliphatic rings. The van der Waals surface area contributed by atoms with Crippen molar-refractivity contribution in [3.8, 4) is 17.2 Å². The second-order valence-corrected chi connectivity index (χ2v) is 33.7. The van der Waals surface area contributed by atoms with Gasteiger partial charge < -0.3 is 28.3 Å². The summed E-state index contributed by atoms with van der Waals surface area (Å²) >= 11 is 0. The molecule has 103 heavy (non-hydrogen) atoms. The molecule has 0 bridgehead atoms. The topological polar surface area (TPSA) is 148 Å². The van der Waals surface area contributed by atoms with E-state index in [1.165, 1.54) is 212 Å². The Morgan fingerprint density at radius 1 is 0.214 bits per heavy atom. The van der Waals surface area contributed by atoms with Crippen LogP contribution in [-0.2, 0) is 52.2 Å². The summed E-state index contributed by atoms with van der Waals surface area (Å²) in [5, 5.41) is 1.02. The normalized spacial score (nSPS) is 12.9. The van der Waals surface area contributed by atoms with Gasteiger partial charge in [-0.2, -0.15) is 0 Å². The van der Waals surface area contributed by atoms with E-state index < -0.39 is 22.8 Å². The molecule has 0 amide bonds. The molecule has 9 nitrogen and oxygen atoms in total. The average molecular weight is 1600 g/mol. The molecule has 0 saturated carbocycles. The standard InChI is InChI=1S/3C30H47O3P.Nd/c3*1-3-5-7-9-11-13-15-21-27-22-17-19-25-29(27)33-34(31,32)30-26-20-18-24-28(30)23-16-14-12-10-8-6-4-2;/h3*17-20,22,24-26H,3-16,21,23H2,1-2H3,(H,31,32);/q;;;+3/p-3. The van der Waals surface area contributed by atoms with Crippen molar-refractivity contribution in [2.45, 2.75) is 350 Å². The fourth-order valence-corrected chi connectivity index (χ4v) is 17.6. The van der Waals surface area contributed by atoms with E-state index in [4.69, 9.17) is 13.6 Å². The van der Waals surface area contributed by atoms with Crippen LogP contribution in [0.4, 0.5) is 0 Å². The van der Waals surface area contributed by atoms with Crippen molar-refractivity contribution in [3.63, 3.8) is 0 Å². The van der Waals surface area contributed by atoms with Gasteiger partial charge in [-0.15, -0.1) is 0 Å². The zero-order valence-corrected chi connectivity index (χ0v) is 71.2. The van der Waals surface area contributed by atoms with E-state index in [0.717, 1.165) is 130 Å². The third-order valence-corrected chi connectivity index (χ3v) is 24.1. The fraction of sp³-hybridized carbons (Fsp3) is 0.600. The quantitative estimate of drug-likeness (QED) is 0.0269. The van der Waals surface area contributed by atoms with Crippen LogP contribution in [-0.4, -0.2) is 0 Å². The Labute approximate surface area is 662 Å². The molecule has 0 fully saturated rings. The molecule has 0 aromatic heterocycles. The van der Waals surface area contributed by atoms with Gasteiger partial charge in [-0.25, -0.2) is 0 Å². The Hall–Kier alpha value is -3.36. The van der Waals surface area contributed by atoms with Crippen molar-refractivity contribution in [2.24, 2.45) is 0 Å². The molecule has 0 saturated heterocycles. The minimum absolute atomic E-state index is 0. The van der Waals surface area contributed by atoms with Crippen LogP contribution in [0, 0.1) is 40.8 Å². The summed E-state index contributed by atoms with van der Waals surface area (Å²) in [6.07, 6.45) is 56.4. The summed E-state index contributed by atoms with van der Waals surface area (Å²) in [6, 6.07) is 44.9. The summed E-state index contributed by atoms with van der Waals surface area (Å²) in [7, 11) is -12.6. The number of unbranched alkanes of at least 4 members (excludes halogenated alkanes) is 36. The Kier molecular flexibility index (Phi) is 54.3. The zero-order chi connectivity index (χ0) is 73.5. The van der Waals surface area contributed by atoms with E-state index in [9.17, 15) is 28.4 Å². The maximum Gasteiger partial charge on any atom is 3.00 e. The van der Waals surface area contributed by atoms with Crippen LogP contribution in [0.5, 0.6) is 17.2 Å². The van der Waals surface area contributed by atoms with Gasteiger partial charge >= 0.3 is 40.8 Å². The van der Waals surface area contributed by atoms with Gasteiger partial charge in [0.05, 0.1) is 0 Å². The van der Waals surface area contributed by atoms with Crippen LogP contribution < -0.4 is 44.2 Å². The zero-order valence-electron chi connectivity index (χ0n) is 65.3. The van der Waals surface area contributed by atoms with E-state index in [1.54, 1.807) is 54.6 Å². The predicted octanol–water partition coefficient (Wildman–Crippen LogP) is 25.6. The molecular formula is C90H138NdO9P3. The van der Waals surface area contributed by atoms with Crippen LogP contribution >= 0.6 is 22.8 Å². The van der Waals surface area contributed by atoms with E-state index in [0.29, 0.717) is 33.2 Å². The van der Waals surface area contributed by atoms with Crippen molar-refractivity contribution >= 4 is 38.7 Å². The first-order valence-corrected chi connectivity index (χ1v) is 45.9. The van der Waals surface area contributed by atoms with Gasteiger partial charge in [0.25, 0.3) is 0 Å². The molecule has 0 heterocycles. The van der Waals surface area contributed by atoms with Crippen LogP contribution in [0.1, 0.15) is 345 Å². The van der Waals surface area contributed by atoms with Gasteiger partial charge in [-0.05, 0) is 147 Å². The van der Waals surface area contributed by atoms with Gasteiger partial charge in [0.2, 0.25) is 22.8 Å². The van der Waals surface area contributed by atoms with Gasteiger partial charge in [-0.3, -0.25) is 13.7 Å². The Morgan fingerprint density at radius 2 is 0.359 bits per heavy atom. The molecule has 0 aliphatic heterocycles. The van der Waals surface area contributed by atoms with Crippen LogP contribution in [0.15, 0.2) is 146 Å². The summed E-state index contributed by atoms with van der Waals surface area (Å²) in [5.41, 5.74) is 5.57. The summed E-state index contributed by atoms with van der Waals surface area (Å²) in [6.45, 7) is 13.4. The fourth-order valence-electron chi connectivity index (χ4n) is 13.5. The Bertz CT molecular complexity index is 2890. The number of rotatable bonds is 57. The van der Waals surface area contributed by atoms with Gasteiger partial charge in [0.1, 0.15) is 17.2 Å². The first-order chi connectivity index (χ1) is 49.7. The minimum atomic E-state index is -4.21. The molecule has 0 spiro atoms. The predicted molar refractivity (Wildman–Crippen MR) is 432 cm³/mol. The molecule has 13 heteroatoms. The minimum Gasteiger partial charge on any atom is -0.765 e. The van der Waals surface area contributed by atoms with Crippen molar-refractivity contribution < 1.29 is 82.8 Å². The molecule has 6 rings (SSSR count). The van der Waals surface area contributed by atoms with Gasteiger partial charge in [0.15, 0.2) is 0 Å². The van der Waals surface area contributed by atoms with Crippen molar-refractivity contribution in [3.05, 3.63) is 179 Å². The van der Waals surface area contributed by atoms with Crippen LogP contribution in [0.3, 0.4) is 0 Å². The van der Waals surface area contributed by atoms with Gasteiger partial charge in [-0.1, -0.05) is 382 Å². The summed E-state index contributed by atoms with van der Waals surface area (Å²) in [4.78, 5) is 39.8. The molecule has 0 N–H and O–H groups in total. The third kappa shape index (κ3) is 41.1. The van der Waals surface area contributed by atoms with Crippen molar-refractivity contribution in [2.75, 3.05) is 0 Å². The second kappa shape index (κ2) is 59.6. The Morgan fingerprint density at radius 3 is 0.553 bits per heavy atom. The number of hydrogen-bond acceptors (Lipinski definition) is 9. The monoisotopic (exact) mass is 1600 g/mol. The van der Waals surface area contributed by atoms with Crippen LogP contribution in [0.2, 0.25) is 0 Å². The maximum atomic E-state index is 13.3. The molecular weight excluding hydrogens is 1460 g/mol. The van der Waals surface area contributed by atoms with E-state index in [-0.39, 0.29) is 40.8 Å². The van der Waals surface area contributed by atoms with Gasteiger partial charge in [0, 0.05) is 15.9 Å². The molecule has 0 aliphatic carbocycles. The number of para-hydroxylation sites is 3. The van der Waals surface area contributed by atoms with E-state index >= 15 is 0 Å². The molecule has 6 aromatic carbocycles. The smallest absolute Gasteiger partial charge is 0.765 e. The summed E-state index contributed by atoms with van der Waals surface area (Å²) < 4.78 is 57.0. The van der Waals surface area contributed by atoms with Crippen LogP contribution in [0.25, 0.3) is 0 Å². The van der Waals surface area contributed by atoms with Crippen molar-refractivity contribution in [1.29, 1.82) is 0 Å². The first kappa shape index (κ1) is 93.8. The van der Waals surface area contributed by atoms with E-state index in [2.05, 4.69) is 41.5 Å². The Balaban J connectivity index is 0.000000399. The first-order valence-electron chi connectivity index (χ1n) is 41.3. The SMILES string of the molecule is CCCCCCCCCc1ccccc1OP(=O)([O-])c1ccccc1CCCCCCCCC.CCCCCCCCCc1ccccc1OP(=O)([O-])c1ccccc1CCCCCCCCC.CCCCCCCCCc1ccccc1OP(=O)([O-])c1ccccc1CCCCCCCCC.[Nd+3]. The largest absolute Gasteiger partial charge is 3.00 e. The third-order valence-electron chi connectivity index (χ3n) is 19.7. The number of benzene rings is 6. The number of aryl methyl sites for hydroxylation is 6. The molecule has 6 aromatic rings.